The molecule has 0 saturated heterocycles. The molecule has 8 heteroatoms. The average molecular weight is 511 g/mol. The van der Waals surface area contributed by atoms with Crippen molar-refractivity contribution in [3.63, 3.8) is 0 Å². The topological polar surface area (TPSA) is 101 Å². The van der Waals surface area contributed by atoms with Crippen LogP contribution in [0.15, 0.2) is 114 Å². The van der Waals surface area contributed by atoms with Gasteiger partial charge in [-0.15, -0.1) is 0 Å². The summed E-state index contributed by atoms with van der Waals surface area (Å²) in [6.07, 6.45) is 6.37. The Labute approximate surface area is 222 Å². The lowest BCUT2D eigenvalue weighted by Gasteiger charge is -2.14. The van der Waals surface area contributed by atoms with Gasteiger partial charge in [0.05, 0.1) is 12.4 Å². The zero-order valence-electron chi connectivity index (χ0n) is 21.0. The van der Waals surface area contributed by atoms with Gasteiger partial charge in [-0.25, -0.2) is 10.9 Å². The van der Waals surface area contributed by atoms with Crippen molar-refractivity contribution in [2.45, 2.75) is 6.42 Å². The summed E-state index contributed by atoms with van der Waals surface area (Å²) in [4.78, 5) is 26.1. The molecule has 0 radical (unpaired) electrons. The van der Waals surface area contributed by atoms with Crippen LogP contribution < -0.4 is 20.3 Å². The molecule has 2 N–H and O–H groups in total. The quantitative estimate of drug-likeness (QED) is 0.146. The lowest BCUT2D eigenvalue weighted by Crippen LogP contribution is -2.39. The number of nitrogens with one attached hydrogen (secondary N) is 2. The molecule has 0 unspecified atom stereocenters. The van der Waals surface area contributed by atoms with Crippen LogP contribution in [0, 0.1) is 5.92 Å². The number of rotatable bonds is 14. The zero-order chi connectivity index (χ0) is 27.0. The van der Waals surface area contributed by atoms with E-state index in [2.05, 4.69) is 34.2 Å². The van der Waals surface area contributed by atoms with Crippen molar-refractivity contribution in [3.05, 3.63) is 121 Å². The summed E-state index contributed by atoms with van der Waals surface area (Å²) in [6, 6.07) is 23.7. The molecule has 0 fully saturated rings. The number of hydrogen-bond acceptors (Lipinski definition) is 6. The van der Waals surface area contributed by atoms with Gasteiger partial charge in [0.25, 0.3) is 11.8 Å². The van der Waals surface area contributed by atoms with E-state index in [0.717, 1.165) is 5.56 Å². The highest BCUT2D eigenvalue weighted by Gasteiger charge is 2.27. The molecule has 38 heavy (non-hydrogen) atoms. The molecule has 0 aromatic heterocycles. The number of benzene rings is 3. The van der Waals surface area contributed by atoms with E-state index in [4.69, 9.17) is 9.47 Å². The van der Waals surface area contributed by atoms with Crippen molar-refractivity contribution in [1.29, 1.82) is 0 Å². The first-order chi connectivity index (χ1) is 18.6. The molecule has 3 rings (SSSR count). The van der Waals surface area contributed by atoms with Crippen molar-refractivity contribution in [1.82, 2.24) is 10.9 Å². The van der Waals surface area contributed by atoms with Crippen molar-refractivity contribution >= 4 is 24.2 Å². The van der Waals surface area contributed by atoms with Crippen molar-refractivity contribution in [2.75, 3.05) is 13.2 Å². The van der Waals surface area contributed by atoms with Gasteiger partial charge in [0.1, 0.15) is 30.6 Å². The Morgan fingerprint density at radius 3 is 1.63 bits per heavy atom. The lowest BCUT2D eigenvalue weighted by molar-refractivity contribution is -0.135. The van der Waals surface area contributed by atoms with Gasteiger partial charge in [-0.05, 0) is 36.2 Å². The van der Waals surface area contributed by atoms with Crippen LogP contribution in [0.1, 0.15) is 16.7 Å². The van der Waals surface area contributed by atoms with E-state index < -0.39 is 17.7 Å². The number of carbonyl (C=O) groups is 2. The van der Waals surface area contributed by atoms with Crippen LogP contribution in [0.5, 0.6) is 11.5 Å². The highest BCUT2D eigenvalue weighted by atomic mass is 16.5. The number of hydrogen-bond donors (Lipinski definition) is 2. The molecule has 0 atom stereocenters. The molecule has 8 nitrogen and oxygen atoms in total. The van der Waals surface area contributed by atoms with Crippen molar-refractivity contribution in [2.24, 2.45) is 16.1 Å². The third-order valence-electron chi connectivity index (χ3n) is 5.22. The Bertz CT molecular complexity index is 1210. The van der Waals surface area contributed by atoms with Crippen LogP contribution in [0.25, 0.3) is 0 Å². The normalized spacial score (nSPS) is 10.9. The molecule has 0 aliphatic heterocycles. The molecule has 0 saturated carbocycles. The number of carbonyl (C=O) groups excluding carboxylic acids is 2. The molecule has 0 aliphatic rings. The summed E-state index contributed by atoms with van der Waals surface area (Å²) in [5.74, 6) is -1.04. The van der Waals surface area contributed by atoms with Crippen LogP contribution >= 0.6 is 0 Å². The maximum Gasteiger partial charge on any atom is 0.253 e. The van der Waals surface area contributed by atoms with E-state index in [1.807, 2.05) is 54.6 Å². The van der Waals surface area contributed by atoms with Gasteiger partial charge in [-0.1, -0.05) is 79.9 Å². The summed E-state index contributed by atoms with van der Waals surface area (Å²) < 4.78 is 11.2. The summed E-state index contributed by atoms with van der Waals surface area (Å²) >= 11 is 0. The second-order valence-corrected chi connectivity index (χ2v) is 7.99. The first-order valence-corrected chi connectivity index (χ1v) is 12.0. The number of para-hydroxylation sites is 2. The van der Waals surface area contributed by atoms with E-state index in [9.17, 15) is 9.59 Å². The molecule has 3 aromatic rings. The average Bonchev–Trinajstić information content (AvgIpc) is 2.95. The minimum absolute atomic E-state index is 0.168. The third-order valence-corrected chi connectivity index (χ3v) is 5.22. The Morgan fingerprint density at radius 1 is 0.711 bits per heavy atom. The molecule has 2 amide bonds. The fraction of sp³-hybridized carbons (Fsp3) is 0.133. The summed E-state index contributed by atoms with van der Waals surface area (Å²) in [7, 11) is 0. The van der Waals surface area contributed by atoms with Gasteiger partial charge in [0.15, 0.2) is 0 Å². The summed E-state index contributed by atoms with van der Waals surface area (Å²) in [6.45, 7) is 7.95. The SMILES string of the molecule is C=CCOc1ccccc1/C=N/NC(=O)C(Cc1ccccc1)C(=O)N/N=C/c1ccccc1OCC=C. The largest absolute Gasteiger partial charge is 0.489 e. The van der Waals surface area contributed by atoms with Gasteiger partial charge in [-0.3, -0.25) is 9.59 Å². The zero-order valence-corrected chi connectivity index (χ0v) is 21.0. The van der Waals surface area contributed by atoms with E-state index in [1.165, 1.54) is 12.4 Å². The molecule has 0 bridgehead atoms. The van der Waals surface area contributed by atoms with Crippen LogP contribution in [-0.2, 0) is 16.0 Å². The van der Waals surface area contributed by atoms with Crippen LogP contribution in [-0.4, -0.2) is 37.5 Å². The maximum absolute atomic E-state index is 13.0. The predicted molar refractivity (Wildman–Crippen MR) is 149 cm³/mol. The van der Waals surface area contributed by atoms with Gasteiger partial charge in [0.2, 0.25) is 0 Å². The Hall–Kier alpha value is -4.98. The van der Waals surface area contributed by atoms with E-state index in [0.29, 0.717) is 35.8 Å². The van der Waals surface area contributed by atoms with Crippen LogP contribution in [0.4, 0.5) is 0 Å². The smallest absolute Gasteiger partial charge is 0.253 e. The molecule has 0 aliphatic carbocycles. The van der Waals surface area contributed by atoms with Crippen LogP contribution in [0.3, 0.4) is 0 Å². The van der Waals surface area contributed by atoms with Gasteiger partial charge >= 0.3 is 0 Å². The first kappa shape index (κ1) is 27.6. The molecular formula is C30H30N4O4. The predicted octanol–water partition coefficient (Wildman–Crippen LogP) is 4.28. The molecule has 0 heterocycles. The second kappa shape index (κ2) is 15.2. The van der Waals surface area contributed by atoms with E-state index in [-0.39, 0.29) is 6.42 Å². The van der Waals surface area contributed by atoms with Crippen LogP contribution in [0.2, 0.25) is 0 Å². The highest BCUT2D eigenvalue weighted by molar-refractivity contribution is 6.01. The maximum atomic E-state index is 13.0. The molecule has 0 spiro atoms. The van der Waals surface area contributed by atoms with Crippen molar-refractivity contribution < 1.29 is 19.1 Å². The number of nitrogens with zero attached hydrogens (tertiary/aromatic N) is 2. The standard InChI is InChI=1S/C30H30N4O4/c1-3-18-37-27-16-10-8-14-24(27)21-31-33-29(35)26(20-23-12-6-5-7-13-23)30(36)34-32-22-25-15-9-11-17-28(25)38-19-4-2/h3-17,21-22,26H,1-2,18-20H2,(H,33,35)(H,34,36)/b31-21+,32-22+. The van der Waals surface area contributed by atoms with Gasteiger partial charge in [0, 0.05) is 11.1 Å². The number of hydrazone groups is 2. The Kier molecular flexibility index (Phi) is 11.0. The number of ether oxygens (including phenoxy) is 2. The Balaban J connectivity index is 1.71. The van der Waals surface area contributed by atoms with Crippen molar-refractivity contribution in [3.8, 4) is 11.5 Å². The minimum Gasteiger partial charge on any atom is -0.489 e. The Morgan fingerprint density at radius 2 is 1.16 bits per heavy atom. The van der Waals surface area contributed by atoms with Gasteiger partial charge in [-0.2, -0.15) is 10.2 Å². The minimum atomic E-state index is -1.08. The molecule has 3 aromatic carbocycles. The fourth-order valence-electron chi connectivity index (χ4n) is 3.38. The summed E-state index contributed by atoms with van der Waals surface area (Å²) in [5, 5.41) is 8.10. The monoisotopic (exact) mass is 510 g/mol. The van der Waals surface area contributed by atoms with E-state index >= 15 is 0 Å². The first-order valence-electron chi connectivity index (χ1n) is 12.0. The molecule has 194 valence electrons. The number of amides is 2. The lowest BCUT2D eigenvalue weighted by atomic mass is 9.98. The highest BCUT2D eigenvalue weighted by Crippen LogP contribution is 2.17. The van der Waals surface area contributed by atoms with Gasteiger partial charge < -0.3 is 9.47 Å². The fourth-order valence-corrected chi connectivity index (χ4v) is 3.38. The summed E-state index contributed by atoms with van der Waals surface area (Å²) in [5.41, 5.74) is 7.09. The van der Waals surface area contributed by atoms with E-state index in [1.54, 1.807) is 36.4 Å². The second-order valence-electron chi connectivity index (χ2n) is 7.99. The third kappa shape index (κ3) is 8.60. The molecular weight excluding hydrogens is 480 g/mol.